The first-order chi connectivity index (χ1) is 15.1. The minimum atomic E-state index is -0.499. The first kappa shape index (κ1) is 24.8. The first-order valence-electron chi connectivity index (χ1n) is 10.6. The summed E-state index contributed by atoms with van der Waals surface area (Å²) in [6.45, 7) is 10.0. The van der Waals surface area contributed by atoms with Crippen LogP contribution in [0.15, 0.2) is 24.3 Å². The molecule has 0 aliphatic rings. The van der Waals surface area contributed by atoms with Gasteiger partial charge in [0.25, 0.3) is 5.91 Å². The lowest BCUT2D eigenvalue weighted by atomic mass is 10.0. The van der Waals surface area contributed by atoms with Crippen LogP contribution in [-0.2, 0) is 11.3 Å². The summed E-state index contributed by atoms with van der Waals surface area (Å²) in [5.74, 6) is 0.0843. The van der Waals surface area contributed by atoms with Crippen LogP contribution >= 0.6 is 0 Å². The van der Waals surface area contributed by atoms with Gasteiger partial charge in [0, 0.05) is 18.2 Å². The van der Waals surface area contributed by atoms with Crippen molar-refractivity contribution in [1.82, 2.24) is 20.4 Å². The third-order valence-corrected chi connectivity index (χ3v) is 4.94. The molecule has 0 aliphatic heterocycles. The zero-order valence-electron chi connectivity index (χ0n) is 19.2. The van der Waals surface area contributed by atoms with Crippen LogP contribution in [0.3, 0.4) is 0 Å². The molecule has 0 saturated carbocycles. The van der Waals surface area contributed by atoms with Gasteiger partial charge < -0.3 is 15.4 Å². The van der Waals surface area contributed by atoms with Crippen LogP contribution in [0.1, 0.15) is 54.5 Å². The molecule has 0 fully saturated rings. The molecule has 0 aliphatic carbocycles. The molecular weight excluding hydrogens is 414 g/mol. The Morgan fingerprint density at radius 3 is 2.41 bits per heavy atom. The average Bonchev–Trinajstić information content (AvgIpc) is 2.99. The second-order valence-electron chi connectivity index (χ2n) is 8.03. The SMILES string of the molecule is CCOC(=O)NC(CNC(=O)c1ccc(Cn2nc(C)c([N+](=O)[O-])c2C)cc1)CC(C)C. The van der Waals surface area contributed by atoms with Gasteiger partial charge in [0.15, 0.2) is 0 Å². The van der Waals surface area contributed by atoms with Crippen molar-refractivity contribution in [2.24, 2.45) is 5.92 Å². The van der Waals surface area contributed by atoms with Crippen LogP contribution in [0, 0.1) is 29.9 Å². The number of hydrogen-bond donors (Lipinski definition) is 2. The molecule has 2 N–H and O–H groups in total. The van der Waals surface area contributed by atoms with Gasteiger partial charge in [-0.3, -0.25) is 19.6 Å². The molecular formula is C22H31N5O5. The highest BCUT2D eigenvalue weighted by Gasteiger charge is 2.22. The predicted molar refractivity (Wildman–Crippen MR) is 120 cm³/mol. The molecule has 1 aromatic heterocycles. The molecule has 0 spiro atoms. The maximum absolute atomic E-state index is 12.5. The Hall–Kier alpha value is -3.43. The number of nitrogens with one attached hydrogen (secondary N) is 2. The molecule has 1 aromatic carbocycles. The van der Waals surface area contributed by atoms with Crippen molar-refractivity contribution in [2.75, 3.05) is 13.2 Å². The van der Waals surface area contributed by atoms with Crippen molar-refractivity contribution in [3.8, 4) is 0 Å². The van der Waals surface area contributed by atoms with Gasteiger partial charge in [0.2, 0.25) is 0 Å². The summed E-state index contributed by atoms with van der Waals surface area (Å²) in [7, 11) is 0. The highest BCUT2D eigenvalue weighted by Crippen LogP contribution is 2.22. The summed E-state index contributed by atoms with van der Waals surface area (Å²) < 4.78 is 6.51. The minimum absolute atomic E-state index is 0.0216. The van der Waals surface area contributed by atoms with E-state index in [0.29, 0.717) is 35.8 Å². The largest absolute Gasteiger partial charge is 0.450 e. The number of hydrogen-bond acceptors (Lipinski definition) is 6. The summed E-state index contributed by atoms with van der Waals surface area (Å²) in [5.41, 5.74) is 2.22. The van der Waals surface area contributed by atoms with Crippen LogP contribution in [0.4, 0.5) is 10.5 Å². The fourth-order valence-electron chi connectivity index (χ4n) is 3.46. The van der Waals surface area contributed by atoms with Crippen LogP contribution in [-0.4, -0.2) is 45.9 Å². The number of rotatable bonds is 10. The van der Waals surface area contributed by atoms with Gasteiger partial charge in [-0.25, -0.2) is 4.79 Å². The van der Waals surface area contributed by atoms with Crippen molar-refractivity contribution in [3.05, 3.63) is 56.9 Å². The maximum atomic E-state index is 12.5. The molecule has 0 bridgehead atoms. The first-order valence-corrected chi connectivity index (χ1v) is 10.6. The highest BCUT2D eigenvalue weighted by atomic mass is 16.6. The van der Waals surface area contributed by atoms with E-state index in [1.807, 2.05) is 13.8 Å². The number of benzene rings is 1. The average molecular weight is 446 g/mol. The monoisotopic (exact) mass is 445 g/mol. The molecule has 1 heterocycles. The Labute approximate surface area is 187 Å². The third kappa shape index (κ3) is 6.79. The zero-order valence-corrected chi connectivity index (χ0v) is 19.2. The summed E-state index contributed by atoms with van der Waals surface area (Å²) >= 11 is 0. The molecule has 10 heteroatoms. The van der Waals surface area contributed by atoms with Crippen LogP contribution < -0.4 is 10.6 Å². The Bertz CT molecular complexity index is 952. The standard InChI is InChI=1S/C22H31N5O5/c1-6-32-22(29)24-19(11-14(2)3)12-23-21(28)18-9-7-17(8-10-18)13-26-16(5)20(27(30)31)15(4)25-26/h7-10,14,19H,6,11-13H2,1-5H3,(H,23,28)(H,24,29). The molecule has 0 saturated heterocycles. The number of alkyl carbamates (subject to hydrolysis) is 1. The van der Waals surface area contributed by atoms with E-state index in [9.17, 15) is 19.7 Å². The quantitative estimate of drug-likeness (QED) is 0.426. The van der Waals surface area contributed by atoms with E-state index >= 15 is 0 Å². The van der Waals surface area contributed by atoms with E-state index in [4.69, 9.17) is 4.74 Å². The summed E-state index contributed by atoms with van der Waals surface area (Å²) in [6, 6.07) is 6.74. The van der Waals surface area contributed by atoms with Crippen molar-refractivity contribution < 1.29 is 19.2 Å². The van der Waals surface area contributed by atoms with Gasteiger partial charge in [-0.2, -0.15) is 5.10 Å². The highest BCUT2D eigenvalue weighted by molar-refractivity contribution is 5.94. The van der Waals surface area contributed by atoms with E-state index in [2.05, 4.69) is 15.7 Å². The van der Waals surface area contributed by atoms with Crippen molar-refractivity contribution in [1.29, 1.82) is 0 Å². The van der Waals surface area contributed by atoms with Crippen LogP contribution in [0.25, 0.3) is 0 Å². The Balaban J connectivity index is 1.99. The van der Waals surface area contributed by atoms with Gasteiger partial charge >= 0.3 is 11.8 Å². The Morgan fingerprint density at radius 2 is 1.88 bits per heavy atom. The lowest BCUT2D eigenvalue weighted by Gasteiger charge is -2.20. The van der Waals surface area contributed by atoms with E-state index < -0.39 is 11.0 Å². The minimum Gasteiger partial charge on any atom is -0.450 e. The number of ether oxygens (including phenoxy) is 1. The molecule has 10 nitrogen and oxygen atoms in total. The second-order valence-corrected chi connectivity index (χ2v) is 8.03. The van der Waals surface area contributed by atoms with Gasteiger partial charge in [-0.1, -0.05) is 26.0 Å². The fraction of sp³-hybridized carbons (Fsp3) is 0.500. The number of amides is 2. The molecule has 1 atom stereocenters. The lowest BCUT2D eigenvalue weighted by molar-refractivity contribution is -0.386. The Morgan fingerprint density at radius 1 is 1.22 bits per heavy atom. The second kappa shape index (κ2) is 11.3. The molecule has 2 amide bonds. The molecule has 1 unspecified atom stereocenters. The lowest BCUT2D eigenvalue weighted by Crippen LogP contribution is -2.44. The normalized spacial score (nSPS) is 11.8. The molecule has 174 valence electrons. The molecule has 2 rings (SSSR count). The summed E-state index contributed by atoms with van der Waals surface area (Å²) in [4.78, 5) is 35.0. The Kier molecular flexibility index (Phi) is 8.74. The molecule has 0 radical (unpaired) electrons. The van der Waals surface area contributed by atoms with E-state index in [1.54, 1.807) is 49.7 Å². The predicted octanol–water partition coefficient (Wildman–Crippen LogP) is 3.35. The molecule has 32 heavy (non-hydrogen) atoms. The summed E-state index contributed by atoms with van der Waals surface area (Å²) in [5, 5.41) is 21.0. The summed E-state index contributed by atoms with van der Waals surface area (Å²) in [6.07, 6.45) is 0.202. The van der Waals surface area contributed by atoms with Gasteiger partial charge in [0.1, 0.15) is 11.4 Å². The number of aromatic nitrogens is 2. The van der Waals surface area contributed by atoms with Crippen molar-refractivity contribution in [3.63, 3.8) is 0 Å². The van der Waals surface area contributed by atoms with Gasteiger partial charge in [-0.15, -0.1) is 0 Å². The third-order valence-electron chi connectivity index (χ3n) is 4.94. The number of aryl methyl sites for hydroxylation is 1. The van der Waals surface area contributed by atoms with Gasteiger partial charge in [0.05, 0.1) is 18.1 Å². The number of nitrogens with zero attached hydrogens (tertiary/aromatic N) is 3. The molecule has 2 aromatic rings. The van der Waals surface area contributed by atoms with Crippen molar-refractivity contribution >= 4 is 17.7 Å². The fourth-order valence-corrected chi connectivity index (χ4v) is 3.46. The number of carbonyl (C=O) groups excluding carboxylic acids is 2. The van der Waals surface area contributed by atoms with E-state index in [-0.39, 0.29) is 30.8 Å². The smallest absolute Gasteiger partial charge is 0.407 e. The van der Waals surface area contributed by atoms with E-state index in [0.717, 1.165) is 5.56 Å². The van der Waals surface area contributed by atoms with Crippen LogP contribution in [0.2, 0.25) is 0 Å². The topological polar surface area (TPSA) is 128 Å². The zero-order chi connectivity index (χ0) is 23.8. The van der Waals surface area contributed by atoms with Crippen LogP contribution in [0.5, 0.6) is 0 Å². The van der Waals surface area contributed by atoms with Crippen molar-refractivity contribution in [2.45, 2.75) is 53.6 Å². The maximum Gasteiger partial charge on any atom is 0.407 e. The van der Waals surface area contributed by atoms with E-state index in [1.165, 1.54) is 0 Å². The number of nitro groups is 1. The number of carbonyl (C=O) groups is 2. The van der Waals surface area contributed by atoms with Gasteiger partial charge in [-0.05, 0) is 50.8 Å².